The Kier molecular flexibility index (Phi) is 3.71. The molecule has 0 aliphatic rings. The van der Waals surface area contributed by atoms with Crippen molar-refractivity contribution < 1.29 is 4.92 Å². The van der Waals surface area contributed by atoms with Gasteiger partial charge < -0.3 is 5.32 Å². The minimum absolute atomic E-state index is 0.0412. The summed E-state index contributed by atoms with van der Waals surface area (Å²) in [4.78, 5) is 10.6. The number of para-hydroxylation sites is 1. The van der Waals surface area contributed by atoms with Gasteiger partial charge in [0, 0.05) is 5.69 Å². The largest absolute Gasteiger partial charge is 0.356 e. The average molecular weight is 240 g/mol. The van der Waals surface area contributed by atoms with Gasteiger partial charge in [-0.2, -0.15) is 0 Å². The molecule has 2 aromatic carbocycles. The van der Waals surface area contributed by atoms with Crippen LogP contribution in [0.25, 0.3) is 5.70 Å². The van der Waals surface area contributed by atoms with E-state index in [1.807, 2.05) is 36.4 Å². The summed E-state index contributed by atoms with van der Waals surface area (Å²) in [7, 11) is 0. The number of nitrogens with zero attached hydrogens (tertiary/aromatic N) is 1. The van der Waals surface area contributed by atoms with Crippen molar-refractivity contribution in [3.63, 3.8) is 0 Å². The van der Waals surface area contributed by atoms with Crippen LogP contribution in [0.4, 0.5) is 5.69 Å². The van der Waals surface area contributed by atoms with Crippen molar-refractivity contribution in [3.8, 4) is 0 Å². The average Bonchev–Trinajstić information content (AvgIpc) is 2.41. The van der Waals surface area contributed by atoms with Crippen molar-refractivity contribution in [2.45, 2.75) is 0 Å². The van der Waals surface area contributed by atoms with Crippen LogP contribution in [-0.4, -0.2) is 4.92 Å². The van der Waals surface area contributed by atoms with Crippen LogP contribution >= 0.6 is 0 Å². The number of rotatable bonds is 4. The lowest BCUT2D eigenvalue weighted by atomic mass is 10.2. The van der Waals surface area contributed by atoms with Gasteiger partial charge in [0.25, 0.3) is 5.70 Å². The van der Waals surface area contributed by atoms with Crippen LogP contribution < -0.4 is 5.32 Å². The number of nitro groups is 1. The Morgan fingerprint density at radius 2 is 1.56 bits per heavy atom. The van der Waals surface area contributed by atoms with Crippen LogP contribution in [0, 0.1) is 10.1 Å². The first-order chi connectivity index (χ1) is 8.77. The van der Waals surface area contributed by atoms with E-state index in [1.54, 1.807) is 24.3 Å². The standard InChI is InChI=1S/C14H12N2O2/c17-16(18)14(12-7-3-1-4-8-12)11-15-13-9-5-2-6-10-13/h1-11,15H. The molecular formula is C14H12N2O2. The van der Waals surface area contributed by atoms with Crippen LogP contribution in [0.3, 0.4) is 0 Å². The third-order valence-electron chi connectivity index (χ3n) is 2.42. The summed E-state index contributed by atoms with van der Waals surface area (Å²) in [6.07, 6.45) is 1.41. The molecule has 4 nitrogen and oxygen atoms in total. The maximum Gasteiger partial charge on any atom is 0.292 e. The second-order valence-electron chi connectivity index (χ2n) is 3.66. The van der Waals surface area contributed by atoms with Gasteiger partial charge in [-0.15, -0.1) is 0 Å². The predicted octanol–water partition coefficient (Wildman–Crippen LogP) is 3.37. The lowest BCUT2D eigenvalue weighted by molar-refractivity contribution is -0.375. The lowest BCUT2D eigenvalue weighted by Crippen LogP contribution is -2.01. The minimum Gasteiger partial charge on any atom is -0.356 e. The monoisotopic (exact) mass is 240 g/mol. The van der Waals surface area contributed by atoms with Crippen molar-refractivity contribution >= 4 is 11.4 Å². The molecule has 18 heavy (non-hydrogen) atoms. The van der Waals surface area contributed by atoms with Gasteiger partial charge in [-0.05, 0) is 24.3 Å². The van der Waals surface area contributed by atoms with E-state index in [9.17, 15) is 10.1 Å². The van der Waals surface area contributed by atoms with Crippen LogP contribution in [0.15, 0.2) is 66.9 Å². The number of hydrogen-bond acceptors (Lipinski definition) is 3. The Bertz CT molecular complexity index is 551. The molecule has 90 valence electrons. The summed E-state index contributed by atoms with van der Waals surface area (Å²) >= 11 is 0. The number of nitrogens with one attached hydrogen (secondary N) is 1. The lowest BCUT2D eigenvalue weighted by Gasteiger charge is -2.01. The van der Waals surface area contributed by atoms with Gasteiger partial charge in [0.15, 0.2) is 0 Å². The van der Waals surface area contributed by atoms with Crippen LogP contribution in [0.1, 0.15) is 5.56 Å². The highest BCUT2D eigenvalue weighted by Gasteiger charge is 2.12. The second-order valence-corrected chi connectivity index (χ2v) is 3.66. The molecule has 0 amide bonds. The summed E-state index contributed by atoms with van der Waals surface area (Å²) in [5.41, 5.74) is 1.43. The molecule has 4 heteroatoms. The van der Waals surface area contributed by atoms with Gasteiger partial charge in [0.1, 0.15) is 0 Å². The van der Waals surface area contributed by atoms with Crippen LogP contribution in [-0.2, 0) is 0 Å². The Hall–Kier alpha value is -2.62. The molecular weight excluding hydrogens is 228 g/mol. The summed E-state index contributed by atoms with van der Waals surface area (Å²) in [6.45, 7) is 0. The van der Waals surface area contributed by atoms with Gasteiger partial charge >= 0.3 is 0 Å². The van der Waals surface area contributed by atoms with E-state index in [-0.39, 0.29) is 5.70 Å². The number of benzene rings is 2. The Labute approximate surface area is 105 Å². The van der Waals surface area contributed by atoms with E-state index in [1.165, 1.54) is 6.20 Å². The number of hydrogen-bond donors (Lipinski definition) is 1. The molecule has 0 fully saturated rings. The van der Waals surface area contributed by atoms with Gasteiger partial charge in [-0.25, -0.2) is 0 Å². The van der Waals surface area contributed by atoms with E-state index in [0.717, 1.165) is 5.69 Å². The van der Waals surface area contributed by atoms with Gasteiger partial charge in [0.2, 0.25) is 0 Å². The minimum atomic E-state index is -0.398. The summed E-state index contributed by atoms with van der Waals surface area (Å²) in [5, 5.41) is 13.9. The SMILES string of the molecule is O=[N+]([O-])C(=CNc1ccccc1)c1ccccc1. The molecule has 0 aromatic heterocycles. The third-order valence-corrected chi connectivity index (χ3v) is 2.42. The van der Waals surface area contributed by atoms with Crippen LogP contribution in [0.2, 0.25) is 0 Å². The highest BCUT2D eigenvalue weighted by molar-refractivity contribution is 5.61. The van der Waals surface area contributed by atoms with Gasteiger partial charge in [-0.3, -0.25) is 10.1 Å². The molecule has 0 radical (unpaired) electrons. The van der Waals surface area contributed by atoms with Gasteiger partial charge in [-0.1, -0.05) is 36.4 Å². The Balaban J connectivity index is 2.24. The Morgan fingerprint density at radius 3 is 2.11 bits per heavy atom. The van der Waals surface area contributed by atoms with E-state index in [4.69, 9.17) is 0 Å². The summed E-state index contributed by atoms with van der Waals surface area (Å²) in [6, 6.07) is 18.1. The zero-order valence-electron chi connectivity index (χ0n) is 9.61. The highest BCUT2D eigenvalue weighted by atomic mass is 16.6. The smallest absolute Gasteiger partial charge is 0.292 e. The molecule has 0 aliphatic carbocycles. The van der Waals surface area contributed by atoms with E-state index in [0.29, 0.717) is 5.56 Å². The molecule has 0 spiro atoms. The molecule has 0 unspecified atom stereocenters. The topological polar surface area (TPSA) is 55.2 Å². The second kappa shape index (κ2) is 5.63. The zero-order valence-corrected chi connectivity index (χ0v) is 9.61. The van der Waals surface area contributed by atoms with E-state index < -0.39 is 4.92 Å². The third kappa shape index (κ3) is 2.95. The Morgan fingerprint density at radius 1 is 1.00 bits per heavy atom. The fourth-order valence-electron chi connectivity index (χ4n) is 1.54. The first-order valence-electron chi connectivity index (χ1n) is 5.49. The van der Waals surface area contributed by atoms with Crippen molar-refractivity contribution in [2.75, 3.05) is 5.32 Å². The fourth-order valence-corrected chi connectivity index (χ4v) is 1.54. The number of anilines is 1. The fraction of sp³-hybridized carbons (Fsp3) is 0. The van der Waals surface area contributed by atoms with Crippen molar-refractivity contribution in [1.29, 1.82) is 0 Å². The van der Waals surface area contributed by atoms with E-state index in [2.05, 4.69) is 5.32 Å². The molecule has 2 aromatic rings. The van der Waals surface area contributed by atoms with Crippen molar-refractivity contribution in [2.24, 2.45) is 0 Å². The molecule has 0 atom stereocenters. The van der Waals surface area contributed by atoms with Crippen LogP contribution in [0.5, 0.6) is 0 Å². The first kappa shape index (κ1) is 11.9. The zero-order chi connectivity index (χ0) is 12.8. The molecule has 2 rings (SSSR count). The van der Waals surface area contributed by atoms with E-state index >= 15 is 0 Å². The van der Waals surface area contributed by atoms with Crippen molar-refractivity contribution in [3.05, 3.63) is 82.5 Å². The molecule has 0 heterocycles. The molecule has 0 aliphatic heterocycles. The summed E-state index contributed by atoms with van der Waals surface area (Å²) < 4.78 is 0. The summed E-state index contributed by atoms with van der Waals surface area (Å²) in [5.74, 6) is 0. The van der Waals surface area contributed by atoms with Crippen molar-refractivity contribution in [1.82, 2.24) is 0 Å². The molecule has 0 saturated carbocycles. The molecule has 0 bridgehead atoms. The predicted molar refractivity (Wildman–Crippen MR) is 71.5 cm³/mol. The molecule has 1 N–H and O–H groups in total. The first-order valence-corrected chi connectivity index (χ1v) is 5.49. The quantitative estimate of drug-likeness (QED) is 0.658. The van der Waals surface area contributed by atoms with Gasteiger partial charge in [0.05, 0.1) is 16.7 Å². The normalized spacial score (nSPS) is 11.0. The molecule has 0 saturated heterocycles. The maximum absolute atomic E-state index is 11.0. The highest BCUT2D eigenvalue weighted by Crippen LogP contribution is 2.15. The maximum atomic E-state index is 11.0.